The zero-order valence-electron chi connectivity index (χ0n) is 10.8. The van der Waals surface area contributed by atoms with E-state index < -0.39 is 11.6 Å². The lowest BCUT2D eigenvalue weighted by molar-refractivity contribution is 0.509. The average molecular weight is 281 g/mol. The number of hydrogen-bond donors (Lipinski definition) is 1. The Kier molecular flexibility index (Phi) is 3.20. The molecule has 0 amide bonds. The third-order valence-electron chi connectivity index (χ3n) is 3.08. The van der Waals surface area contributed by atoms with Gasteiger partial charge in [-0.25, -0.2) is 8.78 Å². The summed E-state index contributed by atoms with van der Waals surface area (Å²) < 4.78 is 27.4. The van der Waals surface area contributed by atoms with Crippen molar-refractivity contribution in [1.29, 1.82) is 5.26 Å². The first-order valence-electron chi connectivity index (χ1n) is 6.19. The standard InChI is InChI=1S/C16H9F2N3/c17-15-11(9-19)3-5-14(16(15)18)21-12-4-6-13-10(8-12)2-1-7-20-13/h1-8,21H. The smallest absolute Gasteiger partial charge is 0.183 e. The van der Waals surface area contributed by atoms with Crippen LogP contribution in [0.2, 0.25) is 0 Å². The molecule has 102 valence electrons. The maximum absolute atomic E-state index is 13.8. The van der Waals surface area contributed by atoms with Crippen LogP contribution >= 0.6 is 0 Å². The molecular formula is C16H9F2N3. The molecule has 3 nitrogen and oxygen atoms in total. The van der Waals surface area contributed by atoms with Crippen LogP contribution in [0.3, 0.4) is 0 Å². The summed E-state index contributed by atoms with van der Waals surface area (Å²) >= 11 is 0. The second-order valence-electron chi connectivity index (χ2n) is 4.44. The van der Waals surface area contributed by atoms with E-state index in [0.717, 1.165) is 10.9 Å². The van der Waals surface area contributed by atoms with Gasteiger partial charge in [0.05, 0.1) is 16.8 Å². The van der Waals surface area contributed by atoms with Gasteiger partial charge in [-0.1, -0.05) is 6.07 Å². The first-order valence-corrected chi connectivity index (χ1v) is 6.19. The molecule has 0 saturated heterocycles. The molecule has 0 bridgehead atoms. The van der Waals surface area contributed by atoms with Crippen LogP contribution in [0.15, 0.2) is 48.7 Å². The van der Waals surface area contributed by atoms with Crippen LogP contribution in [0, 0.1) is 23.0 Å². The summed E-state index contributed by atoms with van der Waals surface area (Å²) in [6.07, 6.45) is 1.69. The maximum atomic E-state index is 13.8. The fraction of sp³-hybridized carbons (Fsp3) is 0. The summed E-state index contributed by atoms with van der Waals surface area (Å²) in [5.74, 6) is -2.22. The third-order valence-corrected chi connectivity index (χ3v) is 3.08. The van der Waals surface area contributed by atoms with Crippen LogP contribution in [0.25, 0.3) is 10.9 Å². The van der Waals surface area contributed by atoms with Crippen molar-refractivity contribution in [1.82, 2.24) is 4.98 Å². The molecule has 1 N–H and O–H groups in total. The predicted molar refractivity (Wildman–Crippen MR) is 76.1 cm³/mol. The summed E-state index contributed by atoms with van der Waals surface area (Å²) in [6.45, 7) is 0. The fourth-order valence-electron chi connectivity index (χ4n) is 2.04. The first kappa shape index (κ1) is 13.0. The Morgan fingerprint density at radius 3 is 2.71 bits per heavy atom. The van der Waals surface area contributed by atoms with Gasteiger partial charge in [-0.2, -0.15) is 5.26 Å². The van der Waals surface area contributed by atoms with E-state index in [-0.39, 0.29) is 11.3 Å². The number of fused-ring (bicyclic) bond motifs is 1. The van der Waals surface area contributed by atoms with Crippen LogP contribution in [0.4, 0.5) is 20.2 Å². The van der Waals surface area contributed by atoms with Gasteiger partial charge < -0.3 is 5.32 Å². The highest BCUT2D eigenvalue weighted by Crippen LogP contribution is 2.25. The number of rotatable bonds is 2. The molecule has 1 heterocycles. The van der Waals surface area contributed by atoms with Crippen LogP contribution in [-0.4, -0.2) is 4.98 Å². The minimum Gasteiger partial charge on any atom is -0.353 e. The molecule has 0 atom stereocenters. The molecule has 0 aliphatic carbocycles. The number of nitrogens with one attached hydrogen (secondary N) is 1. The van der Waals surface area contributed by atoms with Gasteiger partial charge >= 0.3 is 0 Å². The van der Waals surface area contributed by atoms with Gasteiger partial charge in [0.1, 0.15) is 6.07 Å². The van der Waals surface area contributed by atoms with Crippen molar-refractivity contribution in [2.45, 2.75) is 0 Å². The van der Waals surface area contributed by atoms with Crippen molar-refractivity contribution in [2.24, 2.45) is 0 Å². The van der Waals surface area contributed by atoms with E-state index in [1.807, 2.05) is 6.07 Å². The Hall–Kier alpha value is -3.00. The van der Waals surface area contributed by atoms with E-state index in [4.69, 9.17) is 5.26 Å². The van der Waals surface area contributed by atoms with E-state index >= 15 is 0 Å². The Balaban J connectivity index is 1.99. The largest absolute Gasteiger partial charge is 0.353 e. The molecule has 0 aliphatic heterocycles. The van der Waals surface area contributed by atoms with E-state index in [9.17, 15) is 8.78 Å². The maximum Gasteiger partial charge on any atom is 0.183 e. The molecule has 0 fully saturated rings. The fourth-order valence-corrected chi connectivity index (χ4v) is 2.04. The number of nitrogens with zero attached hydrogens (tertiary/aromatic N) is 2. The number of benzene rings is 2. The Bertz CT molecular complexity index is 869. The summed E-state index contributed by atoms with van der Waals surface area (Å²) in [7, 11) is 0. The van der Waals surface area contributed by atoms with Gasteiger partial charge in [0.15, 0.2) is 11.6 Å². The second-order valence-corrected chi connectivity index (χ2v) is 4.44. The second kappa shape index (κ2) is 5.17. The van der Waals surface area contributed by atoms with Crippen molar-refractivity contribution < 1.29 is 8.78 Å². The van der Waals surface area contributed by atoms with E-state index in [1.54, 1.807) is 36.5 Å². The van der Waals surface area contributed by atoms with Gasteiger partial charge in [-0.3, -0.25) is 4.98 Å². The highest BCUT2D eigenvalue weighted by atomic mass is 19.2. The first-order chi connectivity index (χ1) is 10.2. The molecule has 2 aromatic carbocycles. The van der Waals surface area contributed by atoms with E-state index in [0.29, 0.717) is 5.69 Å². The quantitative estimate of drug-likeness (QED) is 0.768. The summed E-state index contributed by atoms with van der Waals surface area (Å²) in [5.41, 5.74) is 1.09. The minimum absolute atomic E-state index is 0.0188. The number of nitriles is 1. The Labute approximate surface area is 119 Å². The normalized spacial score (nSPS) is 10.3. The van der Waals surface area contributed by atoms with Crippen LogP contribution in [0.1, 0.15) is 5.56 Å². The lowest BCUT2D eigenvalue weighted by atomic mass is 10.1. The number of pyridine rings is 1. The van der Waals surface area contributed by atoms with Gasteiger partial charge in [-0.15, -0.1) is 0 Å². The van der Waals surface area contributed by atoms with Crippen molar-refractivity contribution in [3.63, 3.8) is 0 Å². The zero-order valence-corrected chi connectivity index (χ0v) is 10.8. The van der Waals surface area contributed by atoms with Crippen LogP contribution in [-0.2, 0) is 0 Å². The molecule has 5 heteroatoms. The summed E-state index contributed by atoms with van der Waals surface area (Å²) in [4.78, 5) is 4.19. The van der Waals surface area contributed by atoms with E-state index in [2.05, 4.69) is 10.3 Å². The summed E-state index contributed by atoms with van der Waals surface area (Å²) in [5, 5.41) is 12.3. The van der Waals surface area contributed by atoms with Crippen LogP contribution < -0.4 is 5.32 Å². The number of halogens is 2. The molecule has 0 spiro atoms. The number of aromatic nitrogens is 1. The molecule has 3 aromatic rings. The third kappa shape index (κ3) is 2.39. The highest BCUT2D eigenvalue weighted by Gasteiger charge is 2.13. The van der Waals surface area contributed by atoms with E-state index in [1.165, 1.54) is 12.1 Å². The SMILES string of the molecule is N#Cc1ccc(Nc2ccc3ncccc3c2)c(F)c1F. The van der Waals surface area contributed by atoms with Crippen LogP contribution in [0.5, 0.6) is 0 Å². The predicted octanol–water partition coefficient (Wildman–Crippen LogP) is 4.13. The lowest BCUT2D eigenvalue weighted by Crippen LogP contribution is -1.98. The molecule has 0 saturated carbocycles. The van der Waals surface area contributed by atoms with Gasteiger partial charge in [-0.05, 0) is 36.4 Å². The lowest BCUT2D eigenvalue weighted by Gasteiger charge is -2.09. The van der Waals surface area contributed by atoms with Gasteiger partial charge in [0.25, 0.3) is 0 Å². The van der Waals surface area contributed by atoms with Gasteiger partial charge in [0, 0.05) is 17.3 Å². The van der Waals surface area contributed by atoms with Crippen molar-refractivity contribution in [3.05, 3.63) is 65.9 Å². The number of hydrogen-bond acceptors (Lipinski definition) is 3. The van der Waals surface area contributed by atoms with Gasteiger partial charge in [0.2, 0.25) is 0 Å². The summed E-state index contributed by atoms with van der Waals surface area (Å²) in [6, 6.07) is 13.2. The van der Waals surface area contributed by atoms with Crippen molar-refractivity contribution in [3.8, 4) is 6.07 Å². The Morgan fingerprint density at radius 1 is 1.05 bits per heavy atom. The molecule has 3 rings (SSSR count). The molecule has 1 aromatic heterocycles. The molecule has 21 heavy (non-hydrogen) atoms. The molecule has 0 aliphatic rings. The highest BCUT2D eigenvalue weighted by molar-refractivity contribution is 5.83. The number of anilines is 2. The van der Waals surface area contributed by atoms with Crippen molar-refractivity contribution >= 4 is 22.3 Å². The van der Waals surface area contributed by atoms with Crippen molar-refractivity contribution in [2.75, 3.05) is 5.32 Å². The Morgan fingerprint density at radius 2 is 1.90 bits per heavy atom. The zero-order chi connectivity index (χ0) is 14.8. The molecule has 0 radical (unpaired) electrons. The topological polar surface area (TPSA) is 48.7 Å². The minimum atomic E-state index is -1.15. The average Bonchev–Trinajstić information content (AvgIpc) is 2.52. The molecule has 0 unspecified atom stereocenters. The molecular weight excluding hydrogens is 272 g/mol. The monoisotopic (exact) mass is 281 g/mol.